The number of amides is 2. The van der Waals surface area contributed by atoms with Crippen LogP contribution in [0.2, 0.25) is 0 Å². The smallest absolute Gasteiger partial charge is 0.278 e. The average Bonchev–Trinajstić information content (AvgIpc) is 3.08. The second kappa shape index (κ2) is 10.7. The molecule has 1 aliphatic heterocycles. The predicted octanol–water partition coefficient (Wildman–Crippen LogP) is 4.66. The third-order valence-corrected chi connectivity index (χ3v) is 5.26. The normalized spacial score (nSPS) is 13.4. The Labute approximate surface area is 199 Å². The lowest BCUT2D eigenvalue weighted by Crippen LogP contribution is -2.32. The van der Waals surface area contributed by atoms with E-state index in [1.807, 2.05) is 50.2 Å². The maximum absolute atomic E-state index is 13.5. The summed E-state index contributed by atoms with van der Waals surface area (Å²) < 4.78 is 11.2. The number of hydrogen-bond donors (Lipinski definition) is 1. The van der Waals surface area contributed by atoms with E-state index in [1.165, 1.54) is 4.90 Å². The quantitative estimate of drug-likeness (QED) is 0.446. The lowest BCUT2D eigenvalue weighted by molar-refractivity contribution is -0.137. The van der Waals surface area contributed by atoms with E-state index in [9.17, 15) is 9.59 Å². The van der Waals surface area contributed by atoms with Gasteiger partial charge in [0, 0.05) is 24.1 Å². The first-order valence-electron chi connectivity index (χ1n) is 11.3. The Bertz CT molecular complexity index is 1190. The summed E-state index contributed by atoms with van der Waals surface area (Å²) in [4.78, 5) is 32.2. The van der Waals surface area contributed by atoms with Gasteiger partial charge in [-0.2, -0.15) is 0 Å². The van der Waals surface area contributed by atoms with Crippen LogP contribution in [0.25, 0.3) is 5.57 Å². The maximum atomic E-state index is 13.5. The van der Waals surface area contributed by atoms with Gasteiger partial charge in [-0.3, -0.25) is 19.5 Å². The summed E-state index contributed by atoms with van der Waals surface area (Å²) in [7, 11) is 0. The van der Waals surface area contributed by atoms with Gasteiger partial charge in [0.1, 0.15) is 17.2 Å². The summed E-state index contributed by atoms with van der Waals surface area (Å²) in [5.74, 6) is 0.640. The molecule has 0 saturated heterocycles. The van der Waals surface area contributed by atoms with E-state index in [0.717, 1.165) is 12.0 Å². The molecule has 7 heteroatoms. The maximum Gasteiger partial charge on any atom is 0.278 e. The van der Waals surface area contributed by atoms with Crippen molar-refractivity contribution in [3.8, 4) is 11.5 Å². The zero-order chi connectivity index (χ0) is 23.9. The van der Waals surface area contributed by atoms with Crippen LogP contribution < -0.4 is 14.8 Å². The number of nitrogens with zero attached hydrogens (tertiary/aromatic N) is 2. The minimum Gasteiger partial charge on any atom is -0.494 e. The van der Waals surface area contributed by atoms with Crippen molar-refractivity contribution in [2.24, 2.45) is 0 Å². The van der Waals surface area contributed by atoms with Crippen LogP contribution in [0, 0.1) is 0 Å². The van der Waals surface area contributed by atoms with Crippen molar-refractivity contribution in [1.82, 2.24) is 9.88 Å². The van der Waals surface area contributed by atoms with E-state index in [2.05, 4.69) is 10.3 Å². The first-order valence-corrected chi connectivity index (χ1v) is 11.3. The van der Waals surface area contributed by atoms with Crippen LogP contribution in [0.4, 0.5) is 5.69 Å². The number of rotatable bonds is 10. The van der Waals surface area contributed by atoms with E-state index in [0.29, 0.717) is 41.5 Å². The second-order valence-electron chi connectivity index (χ2n) is 7.77. The summed E-state index contributed by atoms with van der Waals surface area (Å²) in [6.07, 6.45) is 4.20. The van der Waals surface area contributed by atoms with Crippen molar-refractivity contribution < 1.29 is 19.1 Å². The monoisotopic (exact) mass is 457 g/mol. The molecule has 0 radical (unpaired) electrons. The van der Waals surface area contributed by atoms with Gasteiger partial charge >= 0.3 is 0 Å². The van der Waals surface area contributed by atoms with Gasteiger partial charge in [-0.1, -0.05) is 31.2 Å². The largest absolute Gasteiger partial charge is 0.494 e. The van der Waals surface area contributed by atoms with E-state index < -0.39 is 5.91 Å². The topological polar surface area (TPSA) is 80.8 Å². The van der Waals surface area contributed by atoms with Crippen molar-refractivity contribution in [2.75, 3.05) is 18.5 Å². The fraction of sp³-hybridized carbons (Fsp3) is 0.222. The highest BCUT2D eigenvalue weighted by atomic mass is 16.5. The van der Waals surface area contributed by atoms with Crippen molar-refractivity contribution >= 4 is 23.1 Å². The Kier molecular flexibility index (Phi) is 7.22. The van der Waals surface area contributed by atoms with E-state index in [1.54, 1.807) is 36.7 Å². The van der Waals surface area contributed by atoms with Crippen LogP contribution in [0.3, 0.4) is 0 Å². The molecule has 2 amide bonds. The number of carbonyl (C=O) groups is 2. The van der Waals surface area contributed by atoms with Crippen LogP contribution in [-0.2, 0) is 16.1 Å². The molecule has 2 aromatic carbocycles. The van der Waals surface area contributed by atoms with Gasteiger partial charge in [-0.25, -0.2) is 0 Å². The highest BCUT2D eigenvalue weighted by Crippen LogP contribution is 2.33. The van der Waals surface area contributed by atoms with Crippen LogP contribution in [0.5, 0.6) is 11.5 Å². The van der Waals surface area contributed by atoms with E-state index in [4.69, 9.17) is 9.47 Å². The molecule has 1 aliphatic rings. The molecule has 2 heterocycles. The molecule has 7 nitrogen and oxygen atoms in total. The molecule has 0 atom stereocenters. The molecule has 0 saturated carbocycles. The molecule has 3 aromatic rings. The minimum absolute atomic E-state index is 0.136. The minimum atomic E-state index is -0.392. The highest BCUT2D eigenvalue weighted by molar-refractivity contribution is 6.36. The van der Waals surface area contributed by atoms with Gasteiger partial charge in [0.2, 0.25) is 0 Å². The number of ether oxygens (including phenoxy) is 2. The summed E-state index contributed by atoms with van der Waals surface area (Å²) in [6, 6.07) is 18.2. The molecule has 0 unspecified atom stereocenters. The number of aromatic nitrogens is 1. The molecule has 34 heavy (non-hydrogen) atoms. The van der Waals surface area contributed by atoms with Crippen LogP contribution in [0.15, 0.2) is 78.8 Å². The molecular weight excluding hydrogens is 430 g/mol. The molecule has 1 N–H and O–H groups in total. The standard InChI is InChI=1S/C27H27N3O4/c1-3-15-34-22-12-10-20(11-13-22)24-25(29-21-8-5-9-23(16-21)33-4-2)27(32)30(26(24)31)18-19-7-6-14-28-17-19/h5-14,16-17,29H,3-4,15,18H2,1-2H3. The van der Waals surface area contributed by atoms with Crippen molar-refractivity contribution in [3.63, 3.8) is 0 Å². The zero-order valence-electron chi connectivity index (χ0n) is 19.3. The molecule has 0 bridgehead atoms. The second-order valence-corrected chi connectivity index (χ2v) is 7.77. The Morgan fingerprint density at radius 1 is 0.912 bits per heavy atom. The molecule has 0 fully saturated rings. The third kappa shape index (κ3) is 5.09. The number of benzene rings is 2. The number of imide groups is 1. The van der Waals surface area contributed by atoms with Crippen molar-refractivity contribution in [1.29, 1.82) is 0 Å². The number of nitrogens with one attached hydrogen (secondary N) is 1. The molecule has 1 aromatic heterocycles. The fourth-order valence-corrected chi connectivity index (χ4v) is 3.69. The van der Waals surface area contributed by atoms with E-state index in [-0.39, 0.29) is 18.1 Å². The highest BCUT2D eigenvalue weighted by Gasteiger charge is 2.39. The van der Waals surface area contributed by atoms with Gasteiger partial charge < -0.3 is 14.8 Å². The number of hydrogen-bond acceptors (Lipinski definition) is 6. The number of anilines is 1. The first kappa shape index (κ1) is 23.0. The molecule has 0 spiro atoms. The van der Waals surface area contributed by atoms with Crippen molar-refractivity contribution in [3.05, 3.63) is 89.9 Å². The predicted molar refractivity (Wildman–Crippen MR) is 130 cm³/mol. The SMILES string of the molecule is CCCOc1ccc(C2=C(Nc3cccc(OCC)c3)C(=O)N(Cc3cccnc3)C2=O)cc1. The van der Waals surface area contributed by atoms with Gasteiger partial charge in [0.25, 0.3) is 11.8 Å². The van der Waals surface area contributed by atoms with E-state index >= 15 is 0 Å². The Morgan fingerprint density at radius 2 is 1.74 bits per heavy atom. The third-order valence-electron chi connectivity index (χ3n) is 5.26. The molecule has 174 valence electrons. The summed E-state index contributed by atoms with van der Waals surface area (Å²) in [6.45, 7) is 5.22. The van der Waals surface area contributed by atoms with Gasteiger partial charge in [-0.05, 0) is 54.8 Å². The Hall–Kier alpha value is -4.13. The Morgan fingerprint density at radius 3 is 2.44 bits per heavy atom. The first-order chi connectivity index (χ1) is 16.6. The molecular formula is C27H27N3O4. The van der Waals surface area contributed by atoms with Crippen molar-refractivity contribution in [2.45, 2.75) is 26.8 Å². The summed E-state index contributed by atoms with van der Waals surface area (Å²) in [5.41, 5.74) is 2.61. The van der Waals surface area contributed by atoms with Crippen LogP contribution in [0.1, 0.15) is 31.4 Å². The Balaban J connectivity index is 1.69. The summed E-state index contributed by atoms with van der Waals surface area (Å²) in [5, 5.41) is 3.17. The fourth-order valence-electron chi connectivity index (χ4n) is 3.69. The molecule has 4 rings (SSSR count). The lowest BCUT2D eigenvalue weighted by Gasteiger charge is -2.15. The number of pyridine rings is 1. The zero-order valence-corrected chi connectivity index (χ0v) is 19.3. The summed E-state index contributed by atoms with van der Waals surface area (Å²) >= 11 is 0. The lowest BCUT2D eigenvalue weighted by atomic mass is 10.0. The number of carbonyl (C=O) groups excluding carboxylic acids is 2. The van der Waals surface area contributed by atoms with Gasteiger partial charge in [-0.15, -0.1) is 0 Å². The van der Waals surface area contributed by atoms with Gasteiger partial charge in [0.15, 0.2) is 0 Å². The average molecular weight is 458 g/mol. The van der Waals surface area contributed by atoms with Gasteiger partial charge in [0.05, 0.1) is 25.3 Å². The molecule has 0 aliphatic carbocycles. The van der Waals surface area contributed by atoms with Crippen LogP contribution >= 0.6 is 0 Å². The van der Waals surface area contributed by atoms with Crippen LogP contribution in [-0.4, -0.2) is 34.9 Å².